The predicted molar refractivity (Wildman–Crippen MR) is 119 cm³/mol. The Balaban J connectivity index is 1.41. The van der Waals surface area contributed by atoms with Gasteiger partial charge in [0.25, 0.3) is 5.91 Å². The molecule has 1 atom stereocenters. The average molecular weight is 414 g/mol. The van der Waals surface area contributed by atoms with Crippen molar-refractivity contribution in [3.8, 4) is 0 Å². The highest BCUT2D eigenvalue weighted by molar-refractivity contribution is 7.09. The molecule has 0 saturated carbocycles. The van der Waals surface area contributed by atoms with Crippen LogP contribution in [0, 0.1) is 0 Å². The van der Waals surface area contributed by atoms with Crippen LogP contribution >= 0.6 is 11.3 Å². The third-order valence-electron chi connectivity index (χ3n) is 6.08. The van der Waals surface area contributed by atoms with Gasteiger partial charge in [0, 0.05) is 62.9 Å². The third kappa shape index (κ3) is 4.82. The Morgan fingerprint density at radius 1 is 1.17 bits per heavy atom. The maximum absolute atomic E-state index is 13.1. The van der Waals surface area contributed by atoms with Crippen LogP contribution in [0.1, 0.15) is 34.5 Å². The SMILES string of the molecule is CN(C)c1cccc(C(=O)N2CCC[C@@]3(CC2)CN(Cc2cccs2)CCO3)c1. The van der Waals surface area contributed by atoms with Gasteiger partial charge in [-0.25, -0.2) is 0 Å². The molecule has 1 spiro atoms. The lowest BCUT2D eigenvalue weighted by atomic mass is 9.92. The van der Waals surface area contributed by atoms with Crippen molar-refractivity contribution in [1.29, 1.82) is 0 Å². The van der Waals surface area contributed by atoms with E-state index in [0.717, 1.165) is 69.8 Å². The molecule has 2 aliphatic rings. The van der Waals surface area contributed by atoms with E-state index in [4.69, 9.17) is 4.74 Å². The highest BCUT2D eigenvalue weighted by Crippen LogP contribution is 2.31. The quantitative estimate of drug-likeness (QED) is 0.766. The Labute approximate surface area is 177 Å². The monoisotopic (exact) mass is 413 g/mol. The van der Waals surface area contributed by atoms with Gasteiger partial charge in [-0.3, -0.25) is 9.69 Å². The molecule has 1 aromatic carbocycles. The number of carbonyl (C=O) groups excluding carboxylic acids is 1. The molecule has 3 heterocycles. The van der Waals surface area contributed by atoms with Crippen molar-refractivity contribution in [3.63, 3.8) is 0 Å². The van der Waals surface area contributed by atoms with Crippen LogP contribution in [0.2, 0.25) is 0 Å². The van der Waals surface area contributed by atoms with Gasteiger partial charge in [0.05, 0.1) is 12.2 Å². The molecule has 0 bridgehead atoms. The number of hydrogen-bond acceptors (Lipinski definition) is 5. The number of likely N-dealkylation sites (tertiary alicyclic amines) is 1. The van der Waals surface area contributed by atoms with Gasteiger partial charge in [-0.05, 0) is 48.9 Å². The standard InChI is InChI=1S/C23H31N3O2S/c1-24(2)20-7-3-6-19(16-20)22(27)26-11-5-9-23(10-12-26)18-25(13-14-28-23)17-21-8-4-15-29-21/h3-4,6-8,15-16H,5,9-14,17-18H2,1-2H3/t23-/m1/s1. The number of ether oxygens (including phenoxy) is 1. The van der Waals surface area contributed by atoms with Crippen molar-refractivity contribution in [3.05, 3.63) is 52.2 Å². The van der Waals surface area contributed by atoms with Crippen LogP contribution in [0.3, 0.4) is 0 Å². The smallest absolute Gasteiger partial charge is 0.253 e. The average Bonchev–Trinajstić information content (AvgIpc) is 3.15. The normalized spacial score (nSPS) is 23.2. The molecular weight excluding hydrogens is 382 g/mol. The summed E-state index contributed by atoms with van der Waals surface area (Å²) in [5.74, 6) is 0.136. The molecule has 0 radical (unpaired) electrons. The van der Waals surface area contributed by atoms with Crippen LogP contribution in [0.4, 0.5) is 5.69 Å². The van der Waals surface area contributed by atoms with Gasteiger partial charge in [-0.2, -0.15) is 0 Å². The van der Waals surface area contributed by atoms with Crippen molar-refractivity contribution in [2.24, 2.45) is 0 Å². The molecule has 2 saturated heterocycles. The van der Waals surface area contributed by atoms with Crippen LogP contribution < -0.4 is 4.90 Å². The lowest BCUT2D eigenvalue weighted by Gasteiger charge is -2.42. The molecule has 0 N–H and O–H groups in total. The Hall–Kier alpha value is -1.89. The summed E-state index contributed by atoms with van der Waals surface area (Å²) in [6.07, 6.45) is 2.93. The molecule has 29 heavy (non-hydrogen) atoms. The molecule has 2 aliphatic heterocycles. The Kier molecular flexibility index (Phi) is 6.23. The number of rotatable bonds is 4. The minimum Gasteiger partial charge on any atom is -0.378 e. The molecule has 6 heteroatoms. The maximum atomic E-state index is 13.1. The first-order chi connectivity index (χ1) is 14.0. The number of thiophene rings is 1. The summed E-state index contributed by atoms with van der Waals surface area (Å²) in [5.41, 5.74) is 1.72. The van der Waals surface area contributed by atoms with Crippen molar-refractivity contribution < 1.29 is 9.53 Å². The van der Waals surface area contributed by atoms with Gasteiger partial charge in [-0.1, -0.05) is 12.1 Å². The molecule has 1 amide bonds. The van der Waals surface area contributed by atoms with E-state index in [1.54, 1.807) is 0 Å². The van der Waals surface area contributed by atoms with Crippen molar-refractivity contribution in [2.45, 2.75) is 31.4 Å². The van der Waals surface area contributed by atoms with Crippen LogP contribution in [0.25, 0.3) is 0 Å². The summed E-state index contributed by atoms with van der Waals surface area (Å²) in [5, 5.41) is 2.14. The van der Waals surface area contributed by atoms with Crippen molar-refractivity contribution in [2.75, 3.05) is 51.8 Å². The third-order valence-corrected chi connectivity index (χ3v) is 6.94. The minimum atomic E-state index is -0.115. The Morgan fingerprint density at radius 3 is 2.86 bits per heavy atom. The fourth-order valence-corrected chi connectivity index (χ4v) is 5.20. The van der Waals surface area contributed by atoms with Crippen LogP contribution in [-0.4, -0.2) is 68.2 Å². The Bertz CT molecular complexity index is 823. The first-order valence-corrected chi connectivity index (χ1v) is 11.4. The summed E-state index contributed by atoms with van der Waals surface area (Å²) in [7, 11) is 4.00. The van der Waals surface area contributed by atoms with E-state index in [2.05, 4.69) is 22.4 Å². The van der Waals surface area contributed by atoms with E-state index in [-0.39, 0.29) is 11.5 Å². The zero-order valence-electron chi connectivity index (χ0n) is 17.5. The minimum absolute atomic E-state index is 0.115. The van der Waals surface area contributed by atoms with E-state index >= 15 is 0 Å². The molecule has 1 aromatic heterocycles. The second kappa shape index (κ2) is 8.86. The summed E-state index contributed by atoms with van der Waals surface area (Å²) < 4.78 is 6.34. The molecule has 2 fully saturated rings. The number of benzene rings is 1. The number of anilines is 1. The fraction of sp³-hybridized carbons (Fsp3) is 0.522. The van der Waals surface area contributed by atoms with Gasteiger partial charge in [0.15, 0.2) is 0 Å². The second-order valence-electron chi connectivity index (χ2n) is 8.41. The molecule has 5 nitrogen and oxygen atoms in total. The van der Waals surface area contributed by atoms with Crippen LogP contribution in [0.15, 0.2) is 41.8 Å². The molecular formula is C23H31N3O2S. The zero-order chi connectivity index (χ0) is 20.3. The number of nitrogens with zero attached hydrogens (tertiary/aromatic N) is 3. The van der Waals surface area contributed by atoms with Gasteiger partial charge in [-0.15, -0.1) is 11.3 Å². The molecule has 2 aromatic rings. The highest BCUT2D eigenvalue weighted by atomic mass is 32.1. The van der Waals surface area contributed by atoms with Gasteiger partial charge in [0.2, 0.25) is 0 Å². The second-order valence-corrected chi connectivity index (χ2v) is 9.44. The predicted octanol–water partition coefficient (Wildman–Crippen LogP) is 3.71. The topological polar surface area (TPSA) is 36.0 Å². The fourth-order valence-electron chi connectivity index (χ4n) is 4.45. The Morgan fingerprint density at radius 2 is 2.07 bits per heavy atom. The molecule has 0 unspecified atom stereocenters. The lowest BCUT2D eigenvalue weighted by molar-refractivity contribution is -0.117. The van der Waals surface area contributed by atoms with Gasteiger partial charge < -0.3 is 14.5 Å². The maximum Gasteiger partial charge on any atom is 0.253 e. The molecule has 0 aliphatic carbocycles. The molecule has 156 valence electrons. The van der Waals surface area contributed by atoms with Gasteiger partial charge in [0.1, 0.15) is 0 Å². The van der Waals surface area contributed by atoms with Crippen molar-refractivity contribution in [1.82, 2.24) is 9.80 Å². The van der Waals surface area contributed by atoms with E-state index in [0.29, 0.717) is 0 Å². The van der Waals surface area contributed by atoms with Crippen LogP contribution in [0.5, 0.6) is 0 Å². The van der Waals surface area contributed by atoms with E-state index in [9.17, 15) is 4.79 Å². The van der Waals surface area contributed by atoms with E-state index in [1.807, 2.05) is 59.5 Å². The van der Waals surface area contributed by atoms with E-state index < -0.39 is 0 Å². The van der Waals surface area contributed by atoms with E-state index in [1.165, 1.54) is 4.88 Å². The van der Waals surface area contributed by atoms with Crippen molar-refractivity contribution >= 4 is 22.9 Å². The largest absolute Gasteiger partial charge is 0.378 e. The van der Waals surface area contributed by atoms with Gasteiger partial charge >= 0.3 is 0 Å². The first-order valence-electron chi connectivity index (χ1n) is 10.5. The number of morpholine rings is 1. The summed E-state index contributed by atoms with van der Waals surface area (Å²) in [6.45, 7) is 5.30. The first kappa shape index (κ1) is 20.4. The lowest BCUT2D eigenvalue weighted by Crippen LogP contribution is -2.51. The highest BCUT2D eigenvalue weighted by Gasteiger charge is 2.39. The summed E-state index contributed by atoms with van der Waals surface area (Å²) >= 11 is 1.82. The summed E-state index contributed by atoms with van der Waals surface area (Å²) in [4.78, 5) is 21.1. The number of hydrogen-bond donors (Lipinski definition) is 0. The van der Waals surface area contributed by atoms with Crippen LogP contribution in [-0.2, 0) is 11.3 Å². The summed E-state index contributed by atoms with van der Waals surface area (Å²) in [6, 6.07) is 12.2. The zero-order valence-corrected chi connectivity index (χ0v) is 18.3. The number of carbonyl (C=O) groups is 1. The molecule has 4 rings (SSSR count). The number of amides is 1.